The van der Waals surface area contributed by atoms with Crippen molar-refractivity contribution in [3.63, 3.8) is 0 Å². The first-order valence-corrected chi connectivity index (χ1v) is 9.04. The summed E-state index contributed by atoms with van der Waals surface area (Å²) < 4.78 is 0. The van der Waals surface area contributed by atoms with Crippen LogP contribution < -0.4 is 15.5 Å². The number of carbonyl (C=O) groups excluding carboxylic acids is 1. The lowest BCUT2D eigenvalue weighted by Crippen LogP contribution is -2.23. The van der Waals surface area contributed by atoms with Crippen molar-refractivity contribution in [2.24, 2.45) is 0 Å². The Kier molecular flexibility index (Phi) is 4.42. The molecule has 1 fully saturated rings. The zero-order valence-corrected chi connectivity index (χ0v) is 14.3. The molecule has 1 amide bonds. The average molecular weight is 333 g/mol. The molecule has 25 heavy (non-hydrogen) atoms. The summed E-state index contributed by atoms with van der Waals surface area (Å²) in [7, 11) is 0. The van der Waals surface area contributed by atoms with Crippen LogP contribution in [0.25, 0.3) is 5.57 Å². The number of hydrogen-bond donors (Lipinski definition) is 2. The summed E-state index contributed by atoms with van der Waals surface area (Å²) >= 11 is 0. The van der Waals surface area contributed by atoms with Gasteiger partial charge in [0.15, 0.2) is 0 Å². The Labute approximate surface area is 148 Å². The number of amides is 1. The molecule has 2 N–H and O–H groups in total. The normalized spacial score (nSPS) is 18.6. The molecule has 0 aliphatic carbocycles. The summed E-state index contributed by atoms with van der Waals surface area (Å²) in [5.74, 6) is -0.0603. The zero-order valence-electron chi connectivity index (χ0n) is 14.3. The summed E-state index contributed by atoms with van der Waals surface area (Å²) in [6.07, 6.45) is 7.03. The van der Waals surface area contributed by atoms with Crippen LogP contribution >= 0.6 is 0 Å². The molecule has 0 aromatic heterocycles. The molecule has 128 valence electrons. The molecule has 2 aliphatic heterocycles. The minimum absolute atomic E-state index is 0.0603. The topological polar surface area (TPSA) is 44.4 Å². The van der Waals surface area contributed by atoms with Crippen LogP contribution in [0, 0.1) is 0 Å². The fourth-order valence-electron chi connectivity index (χ4n) is 3.54. The van der Waals surface area contributed by atoms with Crippen LogP contribution in [0.4, 0.5) is 17.1 Å². The van der Waals surface area contributed by atoms with E-state index in [0.29, 0.717) is 5.57 Å². The van der Waals surface area contributed by atoms with Gasteiger partial charge < -0.3 is 15.5 Å². The number of rotatable bonds is 3. The van der Waals surface area contributed by atoms with Gasteiger partial charge in [-0.3, -0.25) is 4.79 Å². The standard InChI is InChI=1S/C21H23N3O/c25-21-19(18-7-3-4-8-20(18)23-21)15-22-16-9-11-17(12-10-16)24-13-5-1-2-6-14-24/h3-4,7-12,15,22H,1-2,5-6,13-14H2,(H,23,25). The SMILES string of the molecule is O=C1Nc2ccccc2C1=CNc1ccc(N2CCCCCC2)cc1. The lowest BCUT2D eigenvalue weighted by molar-refractivity contribution is -0.110. The van der Waals surface area contributed by atoms with Crippen molar-refractivity contribution in [2.45, 2.75) is 25.7 Å². The summed E-state index contributed by atoms with van der Waals surface area (Å²) in [5, 5.41) is 6.15. The van der Waals surface area contributed by atoms with E-state index in [0.717, 1.165) is 30.0 Å². The molecule has 4 nitrogen and oxygen atoms in total. The molecule has 4 rings (SSSR count). The van der Waals surface area contributed by atoms with Crippen molar-refractivity contribution in [2.75, 3.05) is 28.6 Å². The Morgan fingerprint density at radius 2 is 1.64 bits per heavy atom. The van der Waals surface area contributed by atoms with Gasteiger partial charge in [-0.15, -0.1) is 0 Å². The molecular weight excluding hydrogens is 310 g/mol. The molecule has 4 heteroatoms. The Bertz CT molecular complexity index is 787. The van der Waals surface area contributed by atoms with Crippen LogP contribution in [0.2, 0.25) is 0 Å². The van der Waals surface area contributed by atoms with Gasteiger partial charge in [-0.2, -0.15) is 0 Å². The van der Waals surface area contributed by atoms with E-state index in [1.54, 1.807) is 6.20 Å². The monoisotopic (exact) mass is 333 g/mol. The minimum atomic E-state index is -0.0603. The molecule has 0 spiro atoms. The molecule has 0 unspecified atom stereocenters. The molecule has 0 atom stereocenters. The van der Waals surface area contributed by atoms with Crippen LogP contribution in [0.1, 0.15) is 31.2 Å². The number of nitrogens with one attached hydrogen (secondary N) is 2. The molecule has 0 saturated carbocycles. The van der Waals surface area contributed by atoms with Crippen LogP contribution in [0.3, 0.4) is 0 Å². The lowest BCUT2D eigenvalue weighted by Gasteiger charge is -2.22. The summed E-state index contributed by atoms with van der Waals surface area (Å²) in [5.41, 5.74) is 4.76. The second-order valence-electron chi connectivity index (χ2n) is 6.65. The van der Waals surface area contributed by atoms with E-state index < -0.39 is 0 Å². The van der Waals surface area contributed by atoms with Gasteiger partial charge in [0.1, 0.15) is 0 Å². The van der Waals surface area contributed by atoms with Crippen LogP contribution in [-0.4, -0.2) is 19.0 Å². The van der Waals surface area contributed by atoms with Gasteiger partial charge in [-0.25, -0.2) is 0 Å². The minimum Gasteiger partial charge on any atom is -0.372 e. The highest BCUT2D eigenvalue weighted by Gasteiger charge is 2.23. The van der Waals surface area contributed by atoms with E-state index >= 15 is 0 Å². The molecule has 0 radical (unpaired) electrons. The number of fused-ring (bicyclic) bond motifs is 1. The summed E-state index contributed by atoms with van der Waals surface area (Å²) in [6, 6.07) is 16.2. The first-order valence-electron chi connectivity index (χ1n) is 9.04. The fraction of sp³-hybridized carbons (Fsp3) is 0.286. The summed E-state index contributed by atoms with van der Waals surface area (Å²) in [4.78, 5) is 14.6. The Morgan fingerprint density at radius 3 is 2.40 bits per heavy atom. The van der Waals surface area contributed by atoms with Crippen molar-refractivity contribution < 1.29 is 4.79 Å². The number of nitrogens with zero attached hydrogens (tertiary/aromatic N) is 1. The van der Waals surface area contributed by atoms with E-state index in [1.807, 2.05) is 24.3 Å². The van der Waals surface area contributed by atoms with Crippen LogP contribution in [0.15, 0.2) is 54.7 Å². The van der Waals surface area contributed by atoms with Crippen molar-refractivity contribution in [3.8, 4) is 0 Å². The van der Waals surface area contributed by atoms with Gasteiger partial charge in [-0.1, -0.05) is 31.0 Å². The Balaban J connectivity index is 1.47. The van der Waals surface area contributed by atoms with E-state index in [1.165, 1.54) is 31.4 Å². The van der Waals surface area contributed by atoms with Gasteiger partial charge in [0, 0.05) is 41.9 Å². The van der Waals surface area contributed by atoms with Gasteiger partial charge in [0.25, 0.3) is 5.91 Å². The van der Waals surface area contributed by atoms with Crippen molar-refractivity contribution in [3.05, 3.63) is 60.3 Å². The fourth-order valence-corrected chi connectivity index (χ4v) is 3.54. The maximum atomic E-state index is 12.1. The third-order valence-corrected chi connectivity index (χ3v) is 4.93. The second kappa shape index (κ2) is 7.01. The van der Waals surface area contributed by atoms with Gasteiger partial charge in [0.2, 0.25) is 0 Å². The molecule has 2 aromatic rings. The number of benzene rings is 2. The molecule has 1 saturated heterocycles. The first-order chi connectivity index (χ1) is 12.3. The third-order valence-electron chi connectivity index (χ3n) is 4.93. The van der Waals surface area contributed by atoms with Crippen molar-refractivity contribution in [1.29, 1.82) is 0 Å². The Hall–Kier alpha value is -2.75. The maximum Gasteiger partial charge on any atom is 0.257 e. The summed E-state index contributed by atoms with van der Waals surface area (Å²) in [6.45, 7) is 2.29. The number of para-hydroxylation sites is 1. The smallest absolute Gasteiger partial charge is 0.257 e. The quantitative estimate of drug-likeness (QED) is 0.815. The van der Waals surface area contributed by atoms with Gasteiger partial charge >= 0.3 is 0 Å². The average Bonchev–Trinajstić information content (AvgIpc) is 2.80. The van der Waals surface area contributed by atoms with E-state index in [4.69, 9.17) is 0 Å². The highest BCUT2D eigenvalue weighted by Crippen LogP contribution is 2.31. The molecule has 2 aliphatic rings. The van der Waals surface area contributed by atoms with Crippen LogP contribution in [-0.2, 0) is 4.79 Å². The molecule has 2 aromatic carbocycles. The maximum absolute atomic E-state index is 12.1. The Morgan fingerprint density at radius 1 is 0.920 bits per heavy atom. The van der Waals surface area contributed by atoms with E-state index in [-0.39, 0.29) is 5.91 Å². The third kappa shape index (κ3) is 3.38. The number of carbonyl (C=O) groups is 1. The molecule has 2 heterocycles. The predicted molar refractivity (Wildman–Crippen MR) is 104 cm³/mol. The van der Waals surface area contributed by atoms with Gasteiger partial charge in [-0.05, 0) is 43.2 Å². The lowest BCUT2D eigenvalue weighted by atomic mass is 10.1. The highest BCUT2D eigenvalue weighted by molar-refractivity contribution is 6.31. The predicted octanol–water partition coefficient (Wildman–Crippen LogP) is 4.47. The number of hydrogen-bond acceptors (Lipinski definition) is 3. The van der Waals surface area contributed by atoms with E-state index in [9.17, 15) is 4.79 Å². The molecule has 0 bridgehead atoms. The second-order valence-corrected chi connectivity index (χ2v) is 6.65. The van der Waals surface area contributed by atoms with E-state index in [2.05, 4.69) is 39.8 Å². The van der Waals surface area contributed by atoms with Crippen LogP contribution in [0.5, 0.6) is 0 Å². The van der Waals surface area contributed by atoms with Crippen molar-refractivity contribution in [1.82, 2.24) is 0 Å². The largest absolute Gasteiger partial charge is 0.372 e. The first kappa shape index (κ1) is 15.8. The van der Waals surface area contributed by atoms with Crippen molar-refractivity contribution >= 4 is 28.5 Å². The number of anilines is 3. The highest BCUT2D eigenvalue weighted by atomic mass is 16.2. The zero-order chi connectivity index (χ0) is 17.1. The van der Waals surface area contributed by atoms with Gasteiger partial charge in [0.05, 0.1) is 5.57 Å². The molecular formula is C21H23N3O.